The zero-order valence-corrected chi connectivity index (χ0v) is 11.4. The molecule has 0 aromatic rings. The van der Waals surface area contributed by atoms with Gasteiger partial charge in [-0.3, -0.25) is 9.69 Å². The summed E-state index contributed by atoms with van der Waals surface area (Å²) in [7, 11) is 0. The van der Waals surface area contributed by atoms with E-state index in [4.69, 9.17) is 9.84 Å². The van der Waals surface area contributed by atoms with E-state index in [1.54, 1.807) is 0 Å². The summed E-state index contributed by atoms with van der Waals surface area (Å²) < 4.78 is 5.47. The van der Waals surface area contributed by atoms with Crippen molar-refractivity contribution in [2.45, 2.75) is 46.6 Å². The zero-order valence-electron chi connectivity index (χ0n) is 11.4. The molecule has 1 saturated heterocycles. The van der Waals surface area contributed by atoms with Gasteiger partial charge in [0.1, 0.15) is 0 Å². The molecule has 1 aliphatic rings. The van der Waals surface area contributed by atoms with Crippen LogP contribution in [0.15, 0.2) is 11.8 Å². The monoisotopic (exact) mass is 243 g/mol. The molecular formula is C13H25NO3. The second kappa shape index (κ2) is 9.19. The van der Waals surface area contributed by atoms with Crippen LogP contribution in [0.25, 0.3) is 0 Å². The SMILES string of the molecule is CC.CC(C)OCN1CCC(=O)/C(=C/O)CC1. The highest BCUT2D eigenvalue weighted by Crippen LogP contribution is 2.12. The van der Waals surface area contributed by atoms with Crippen LogP contribution in [0, 0.1) is 0 Å². The number of rotatable bonds is 3. The largest absolute Gasteiger partial charge is 0.515 e. The van der Waals surface area contributed by atoms with Crippen molar-refractivity contribution in [1.82, 2.24) is 4.90 Å². The van der Waals surface area contributed by atoms with Crippen LogP contribution in [-0.4, -0.2) is 41.7 Å². The third-order valence-corrected chi connectivity index (χ3v) is 2.46. The van der Waals surface area contributed by atoms with E-state index < -0.39 is 0 Å². The van der Waals surface area contributed by atoms with Gasteiger partial charge in [-0.15, -0.1) is 0 Å². The van der Waals surface area contributed by atoms with Gasteiger partial charge in [-0.2, -0.15) is 0 Å². The summed E-state index contributed by atoms with van der Waals surface area (Å²) in [5.41, 5.74) is 0.530. The van der Waals surface area contributed by atoms with Gasteiger partial charge in [0.05, 0.1) is 19.1 Å². The van der Waals surface area contributed by atoms with E-state index in [1.807, 2.05) is 27.7 Å². The van der Waals surface area contributed by atoms with Crippen LogP contribution in [0.3, 0.4) is 0 Å². The van der Waals surface area contributed by atoms with Crippen molar-refractivity contribution >= 4 is 5.78 Å². The first-order chi connectivity index (χ1) is 8.13. The summed E-state index contributed by atoms with van der Waals surface area (Å²) >= 11 is 0. The minimum absolute atomic E-state index is 0.0459. The van der Waals surface area contributed by atoms with E-state index in [-0.39, 0.29) is 11.9 Å². The van der Waals surface area contributed by atoms with Gasteiger partial charge in [-0.1, -0.05) is 13.8 Å². The van der Waals surface area contributed by atoms with Crippen LogP contribution < -0.4 is 0 Å². The second-order valence-electron chi connectivity index (χ2n) is 4.04. The Morgan fingerprint density at radius 1 is 1.35 bits per heavy atom. The van der Waals surface area contributed by atoms with Crippen molar-refractivity contribution in [3.05, 3.63) is 11.8 Å². The molecule has 0 atom stereocenters. The molecule has 0 aromatic heterocycles. The van der Waals surface area contributed by atoms with E-state index in [1.165, 1.54) is 0 Å². The Hall–Kier alpha value is -0.870. The molecule has 0 saturated carbocycles. The van der Waals surface area contributed by atoms with Crippen LogP contribution >= 0.6 is 0 Å². The lowest BCUT2D eigenvalue weighted by Gasteiger charge is -2.20. The smallest absolute Gasteiger partial charge is 0.163 e. The lowest BCUT2D eigenvalue weighted by Crippen LogP contribution is -2.29. The van der Waals surface area contributed by atoms with E-state index >= 15 is 0 Å². The third kappa shape index (κ3) is 6.44. The van der Waals surface area contributed by atoms with Gasteiger partial charge in [0, 0.05) is 25.1 Å². The van der Waals surface area contributed by atoms with Crippen molar-refractivity contribution < 1.29 is 14.6 Å². The highest BCUT2D eigenvalue weighted by atomic mass is 16.5. The highest BCUT2D eigenvalue weighted by Gasteiger charge is 2.18. The Morgan fingerprint density at radius 3 is 2.47 bits per heavy atom. The van der Waals surface area contributed by atoms with E-state index in [2.05, 4.69) is 4.90 Å². The molecule has 0 bridgehead atoms. The van der Waals surface area contributed by atoms with Crippen LogP contribution in [0.5, 0.6) is 0 Å². The third-order valence-electron chi connectivity index (χ3n) is 2.46. The van der Waals surface area contributed by atoms with Crippen molar-refractivity contribution in [2.75, 3.05) is 19.8 Å². The van der Waals surface area contributed by atoms with Crippen LogP contribution in [-0.2, 0) is 9.53 Å². The molecule has 1 N–H and O–H groups in total. The minimum atomic E-state index is 0.0459. The number of likely N-dealkylation sites (tertiary alicyclic amines) is 1. The summed E-state index contributed by atoms with van der Waals surface area (Å²) in [6.07, 6.45) is 2.22. The van der Waals surface area contributed by atoms with Gasteiger partial charge < -0.3 is 9.84 Å². The van der Waals surface area contributed by atoms with Gasteiger partial charge in [-0.25, -0.2) is 0 Å². The number of hydrogen-bond acceptors (Lipinski definition) is 4. The molecule has 0 unspecified atom stereocenters. The average Bonchev–Trinajstić information content (AvgIpc) is 2.51. The maximum absolute atomic E-state index is 11.4. The van der Waals surface area contributed by atoms with Gasteiger partial charge >= 0.3 is 0 Å². The van der Waals surface area contributed by atoms with Gasteiger partial charge in [0.15, 0.2) is 5.78 Å². The maximum atomic E-state index is 11.4. The molecule has 0 spiro atoms. The minimum Gasteiger partial charge on any atom is -0.515 e. The molecule has 1 fully saturated rings. The number of aliphatic hydroxyl groups is 1. The highest BCUT2D eigenvalue weighted by molar-refractivity contribution is 5.95. The Kier molecular flexibility index (Phi) is 8.72. The topological polar surface area (TPSA) is 49.8 Å². The first-order valence-electron chi connectivity index (χ1n) is 6.34. The first-order valence-corrected chi connectivity index (χ1v) is 6.34. The fourth-order valence-electron chi connectivity index (χ4n) is 1.47. The molecule has 0 radical (unpaired) electrons. The number of ketones is 1. The lowest BCUT2D eigenvalue weighted by atomic mass is 10.1. The number of nitrogens with zero attached hydrogens (tertiary/aromatic N) is 1. The predicted molar refractivity (Wildman–Crippen MR) is 69.0 cm³/mol. The van der Waals surface area contributed by atoms with Gasteiger partial charge in [0.25, 0.3) is 0 Å². The fraction of sp³-hybridized carbons (Fsp3) is 0.769. The van der Waals surface area contributed by atoms with E-state index in [0.29, 0.717) is 31.7 Å². The second-order valence-corrected chi connectivity index (χ2v) is 4.04. The summed E-state index contributed by atoms with van der Waals surface area (Å²) in [6, 6.07) is 0. The van der Waals surface area contributed by atoms with Crippen molar-refractivity contribution in [1.29, 1.82) is 0 Å². The summed E-state index contributed by atoms with van der Waals surface area (Å²) in [4.78, 5) is 13.5. The normalized spacial score (nSPS) is 20.1. The summed E-state index contributed by atoms with van der Waals surface area (Å²) in [5.74, 6) is 0.0459. The Labute approximate surface area is 104 Å². The molecule has 1 heterocycles. The van der Waals surface area contributed by atoms with Crippen molar-refractivity contribution in [3.63, 3.8) is 0 Å². The molecular weight excluding hydrogens is 218 g/mol. The van der Waals surface area contributed by atoms with Gasteiger partial charge in [0.2, 0.25) is 0 Å². The first kappa shape index (κ1) is 16.1. The lowest BCUT2D eigenvalue weighted by molar-refractivity contribution is -0.115. The van der Waals surface area contributed by atoms with Crippen LogP contribution in [0.2, 0.25) is 0 Å². The molecule has 1 rings (SSSR count). The van der Waals surface area contributed by atoms with Crippen molar-refractivity contribution in [3.8, 4) is 0 Å². The molecule has 4 nitrogen and oxygen atoms in total. The number of carbonyl (C=O) groups excluding carboxylic acids is 1. The molecule has 17 heavy (non-hydrogen) atoms. The number of ether oxygens (including phenoxy) is 1. The number of hydrogen-bond donors (Lipinski definition) is 1. The molecule has 0 aromatic carbocycles. The molecule has 1 aliphatic heterocycles. The van der Waals surface area contributed by atoms with Crippen LogP contribution in [0.1, 0.15) is 40.5 Å². The zero-order chi connectivity index (χ0) is 13.3. The average molecular weight is 243 g/mol. The van der Waals surface area contributed by atoms with Crippen LogP contribution in [0.4, 0.5) is 0 Å². The molecule has 0 aliphatic carbocycles. The van der Waals surface area contributed by atoms with Crippen molar-refractivity contribution in [2.24, 2.45) is 0 Å². The quantitative estimate of drug-likeness (QED) is 0.611. The van der Waals surface area contributed by atoms with E-state index in [0.717, 1.165) is 12.8 Å². The molecule has 0 amide bonds. The Bertz CT molecular complexity index is 249. The summed E-state index contributed by atoms with van der Waals surface area (Å²) in [5, 5.41) is 8.86. The predicted octanol–water partition coefficient (Wildman–Crippen LogP) is 2.50. The Morgan fingerprint density at radius 2 is 1.94 bits per heavy atom. The molecule has 100 valence electrons. The fourth-order valence-corrected chi connectivity index (χ4v) is 1.47. The standard InChI is InChI=1S/C11H19NO3.C2H6/c1-9(2)15-8-12-5-3-10(7-13)11(14)4-6-12;1-2/h7,9,13H,3-6,8H2,1-2H3;1-2H3/b10-7+;. The number of carbonyl (C=O) groups is 1. The Balaban J connectivity index is 0.00000121. The number of Topliss-reactive ketones (excluding diaryl/α,β-unsaturated/α-hetero) is 1. The summed E-state index contributed by atoms with van der Waals surface area (Å²) in [6.45, 7) is 10.0. The van der Waals surface area contributed by atoms with Gasteiger partial charge in [-0.05, 0) is 20.3 Å². The maximum Gasteiger partial charge on any atom is 0.163 e. The number of aliphatic hydroxyl groups excluding tert-OH is 1. The van der Waals surface area contributed by atoms with E-state index in [9.17, 15) is 4.79 Å². The molecule has 4 heteroatoms.